The molecule has 0 radical (unpaired) electrons. The largest absolute Gasteiger partial charge is 0.350 e. The average molecular weight is 388 g/mol. The van der Waals surface area contributed by atoms with Crippen molar-refractivity contribution < 1.29 is 18.0 Å². The highest BCUT2D eigenvalue weighted by Gasteiger charge is 2.18. The van der Waals surface area contributed by atoms with Gasteiger partial charge in [-0.2, -0.15) is 0 Å². The molecule has 2 aromatic carbocycles. The first-order valence-electron chi connectivity index (χ1n) is 8.65. The third kappa shape index (κ3) is 5.17. The van der Waals surface area contributed by atoms with Crippen LogP contribution in [0.15, 0.2) is 47.4 Å². The number of benzene rings is 2. The second-order valence-corrected chi connectivity index (χ2v) is 8.55. The molecule has 0 spiro atoms. The summed E-state index contributed by atoms with van der Waals surface area (Å²) in [6.45, 7) is 5.60. The summed E-state index contributed by atoms with van der Waals surface area (Å²) < 4.78 is 23.5. The molecule has 0 heterocycles. The Labute approximate surface area is 159 Å². The number of nitrogens with one attached hydrogen (secondary N) is 2. The van der Waals surface area contributed by atoms with Crippen LogP contribution in [0.25, 0.3) is 0 Å². The van der Waals surface area contributed by atoms with E-state index in [2.05, 4.69) is 10.6 Å². The van der Waals surface area contributed by atoms with E-state index >= 15 is 0 Å². The van der Waals surface area contributed by atoms with Crippen molar-refractivity contribution in [2.24, 2.45) is 0 Å². The quantitative estimate of drug-likeness (QED) is 0.795. The van der Waals surface area contributed by atoms with E-state index in [0.717, 1.165) is 12.7 Å². The maximum Gasteiger partial charge on any atom is 0.255 e. The summed E-state index contributed by atoms with van der Waals surface area (Å²) in [7, 11) is -3.43. The predicted octanol–water partition coefficient (Wildman–Crippen LogP) is 3.18. The van der Waals surface area contributed by atoms with Crippen molar-refractivity contribution in [1.82, 2.24) is 5.32 Å². The lowest BCUT2D eigenvalue weighted by Gasteiger charge is -2.15. The Balaban J connectivity index is 2.33. The topological polar surface area (TPSA) is 92.3 Å². The van der Waals surface area contributed by atoms with Crippen molar-refractivity contribution in [3.8, 4) is 0 Å². The molecule has 0 fully saturated rings. The number of rotatable bonds is 6. The average Bonchev–Trinajstić information content (AvgIpc) is 2.61. The first-order valence-corrected chi connectivity index (χ1v) is 10.5. The number of para-hydroxylation sites is 1. The molecule has 144 valence electrons. The fraction of sp³-hybridized carbons (Fsp3) is 0.300. The van der Waals surface area contributed by atoms with Gasteiger partial charge in [-0.3, -0.25) is 9.59 Å². The summed E-state index contributed by atoms with van der Waals surface area (Å²) >= 11 is 0. The van der Waals surface area contributed by atoms with Crippen molar-refractivity contribution >= 4 is 27.3 Å². The van der Waals surface area contributed by atoms with Gasteiger partial charge in [-0.25, -0.2) is 8.42 Å². The van der Waals surface area contributed by atoms with Gasteiger partial charge in [0.25, 0.3) is 11.8 Å². The van der Waals surface area contributed by atoms with Gasteiger partial charge in [0.05, 0.1) is 16.1 Å². The van der Waals surface area contributed by atoms with Crippen molar-refractivity contribution in [2.75, 3.05) is 11.6 Å². The Bertz CT molecular complexity index is 968. The summed E-state index contributed by atoms with van der Waals surface area (Å²) in [5, 5.41) is 5.59. The van der Waals surface area contributed by atoms with Crippen molar-refractivity contribution in [3.63, 3.8) is 0 Å². The number of hydrogen-bond acceptors (Lipinski definition) is 4. The molecule has 1 atom stereocenters. The van der Waals surface area contributed by atoms with Crippen molar-refractivity contribution in [3.05, 3.63) is 59.2 Å². The molecular formula is C20H24N2O4S. The Morgan fingerprint density at radius 3 is 2.33 bits per heavy atom. The second kappa shape index (κ2) is 8.35. The van der Waals surface area contributed by atoms with Crippen LogP contribution in [-0.2, 0) is 9.84 Å². The lowest BCUT2D eigenvalue weighted by Crippen LogP contribution is -2.32. The molecule has 0 saturated carbocycles. The lowest BCUT2D eigenvalue weighted by atomic mass is 10.1. The van der Waals surface area contributed by atoms with Crippen LogP contribution in [-0.4, -0.2) is 32.5 Å². The van der Waals surface area contributed by atoms with Gasteiger partial charge in [-0.15, -0.1) is 0 Å². The lowest BCUT2D eigenvalue weighted by molar-refractivity contribution is 0.0940. The minimum atomic E-state index is -3.43. The number of hydrogen-bond donors (Lipinski definition) is 2. The fourth-order valence-corrected chi connectivity index (χ4v) is 3.11. The number of amides is 2. The summed E-state index contributed by atoms with van der Waals surface area (Å²) in [5.41, 5.74) is 1.60. The standard InChI is InChI=1S/C20H24N2O4S/c1-5-14(3)21-19(23)16-8-6-7-9-18(16)22-20(24)17-12-15(27(4,25)26)11-10-13(17)2/h6-12,14H,5H2,1-4H3,(H,21,23)(H,22,24). The van der Waals surface area contributed by atoms with Gasteiger partial charge in [-0.1, -0.05) is 25.1 Å². The molecule has 0 aliphatic rings. The number of aryl methyl sites for hydroxylation is 1. The third-order valence-corrected chi connectivity index (χ3v) is 5.40. The van der Waals surface area contributed by atoms with Crippen LogP contribution in [0.3, 0.4) is 0 Å². The van der Waals surface area contributed by atoms with Crippen LogP contribution in [0.1, 0.15) is 46.5 Å². The van der Waals surface area contributed by atoms with E-state index in [0.29, 0.717) is 16.8 Å². The molecule has 2 aromatic rings. The summed E-state index contributed by atoms with van der Waals surface area (Å²) in [6.07, 6.45) is 1.88. The zero-order valence-electron chi connectivity index (χ0n) is 15.9. The predicted molar refractivity (Wildman–Crippen MR) is 106 cm³/mol. The van der Waals surface area contributed by atoms with Crippen LogP contribution in [0.4, 0.5) is 5.69 Å². The highest BCUT2D eigenvalue weighted by Crippen LogP contribution is 2.20. The van der Waals surface area contributed by atoms with Gasteiger partial charge < -0.3 is 10.6 Å². The zero-order chi connectivity index (χ0) is 20.2. The minimum Gasteiger partial charge on any atom is -0.350 e. The first kappa shape index (κ1) is 20.6. The summed E-state index contributed by atoms with van der Waals surface area (Å²) in [4.78, 5) is 25.3. The van der Waals surface area contributed by atoms with Gasteiger partial charge in [0.1, 0.15) is 0 Å². The van der Waals surface area contributed by atoms with Crippen LogP contribution in [0, 0.1) is 6.92 Å². The van der Waals surface area contributed by atoms with Crippen molar-refractivity contribution in [1.29, 1.82) is 0 Å². The van der Waals surface area contributed by atoms with Crippen LogP contribution >= 0.6 is 0 Å². The highest BCUT2D eigenvalue weighted by molar-refractivity contribution is 7.90. The van der Waals surface area contributed by atoms with E-state index in [1.54, 1.807) is 37.3 Å². The Morgan fingerprint density at radius 2 is 1.70 bits per heavy atom. The maximum atomic E-state index is 12.7. The molecule has 1 unspecified atom stereocenters. The molecule has 2 amide bonds. The molecule has 27 heavy (non-hydrogen) atoms. The summed E-state index contributed by atoms with van der Waals surface area (Å²) in [5.74, 6) is -0.747. The van der Waals surface area contributed by atoms with E-state index in [1.807, 2.05) is 13.8 Å². The Hall–Kier alpha value is -2.67. The van der Waals surface area contributed by atoms with E-state index < -0.39 is 15.7 Å². The molecule has 0 aliphatic carbocycles. The highest BCUT2D eigenvalue weighted by atomic mass is 32.2. The normalized spacial score (nSPS) is 12.3. The molecule has 6 nitrogen and oxygen atoms in total. The van der Waals surface area contributed by atoms with Gasteiger partial charge in [0.2, 0.25) is 0 Å². The molecule has 2 rings (SSSR count). The molecule has 0 bridgehead atoms. The van der Waals surface area contributed by atoms with Gasteiger partial charge in [0.15, 0.2) is 9.84 Å². The molecule has 7 heteroatoms. The molecule has 2 N–H and O–H groups in total. The third-order valence-electron chi connectivity index (χ3n) is 4.29. The fourth-order valence-electron chi connectivity index (χ4n) is 2.46. The maximum absolute atomic E-state index is 12.7. The summed E-state index contributed by atoms with van der Waals surface area (Å²) in [6, 6.07) is 11.1. The number of carbonyl (C=O) groups excluding carboxylic acids is 2. The monoisotopic (exact) mass is 388 g/mol. The van der Waals surface area contributed by atoms with Gasteiger partial charge in [0, 0.05) is 17.9 Å². The molecule has 0 saturated heterocycles. The number of carbonyl (C=O) groups is 2. The van der Waals surface area contributed by atoms with E-state index in [4.69, 9.17) is 0 Å². The van der Waals surface area contributed by atoms with Crippen molar-refractivity contribution in [2.45, 2.75) is 38.1 Å². The second-order valence-electron chi connectivity index (χ2n) is 6.53. The molecular weight excluding hydrogens is 364 g/mol. The van der Waals surface area contributed by atoms with Crippen LogP contribution in [0.2, 0.25) is 0 Å². The van der Waals surface area contributed by atoms with Gasteiger partial charge in [-0.05, 0) is 50.1 Å². The molecule has 0 aliphatic heterocycles. The molecule has 0 aromatic heterocycles. The number of sulfone groups is 1. The van der Waals surface area contributed by atoms with E-state index in [9.17, 15) is 18.0 Å². The number of anilines is 1. The van der Waals surface area contributed by atoms with E-state index in [1.165, 1.54) is 12.1 Å². The first-order chi connectivity index (χ1) is 12.6. The van der Waals surface area contributed by atoms with Gasteiger partial charge >= 0.3 is 0 Å². The van der Waals surface area contributed by atoms with E-state index in [-0.39, 0.29) is 22.4 Å². The smallest absolute Gasteiger partial charge is 0.255 e. The Kier molecular flexibility index (Phi) is 6.38. The minimum absolute atomic E-state index is 0.00921. The zero-order valence-corrected chi connectivity index (χ0v) is 16.7. The van der Waals surface area contributed by atoms with Crippen LogP contribution < -0.4 is 10.6 Å². The SMILES string of the molecule is CCC(C)NC(=O)c1ccccc1NC(=O)c1cc(S(C)(=O)=O)ccc1C. The van der Waals surface area contributed by atoms with Crippen LogP contribution in [0.5, 0.6) is 0 Å². The Morgan fingerprint density at radius 1 is 1.04 bits per heavy atom.